The molecule has 0 radical (unpaired) electrons. The molecule has 0 fully saturated rings. The minimum absolute atomic E-state index is 0. The number of phenolic OH excluding ortho intramolecular Hbond substituents is 1. The number of fused-ring (bicyclic) bond motifs is 4. The third-order valence-electron chi connectivity index (χ3n) is 6.19. The van der Waals surface area contributed by atoms with Gasteiger partial charge in [-0.15, -0.1) is 0 Å². The first-order valence-corrected chi connectivity index (χ1v) is 11.0. The number of pyridine rings is 1. The van der Waals surface area contributed by atoms with E-state index in [2.05, 4.69) is 34.1 Å². The molecule has 4 aromatic heterocycles. The van der Waals surface area contributed by atoms with E-state index in [0.717, 1.165) is 44.6 Å². The maximum atomic E-state index is 10.5. The normalized spacial score (nSPS) is 11.3. The maximum absolute atomic E-state index is 10.5. The zero-order valence-electron chi connectivity index (χ0n) is 18.3. The molecule has 0 saturated carbocycles. The van der Waals surface area contributed by atoms with E-state index in [4.69, 9.17) is 4.98 Å². The van der Waals surface area contributed by atoms with Crippen LogP contribution < -0.4 is 9.55 Å². The summed E-state index contributed by atoms with van der Waals surface area (Å²) in [6, 6.07) is 31.6. The number of para-hydroxylation sites is 5. The summed E-state index contributed by atoms with van der Waals surface area (Å²) < 4.78 is 5.88. The third-order valence-corrected chi connectivity index (χ3v) is 6.19. The van der Waals surface area contributed by atoms with E-state index >= 15 is 0 Å². The van der Waals surface area contributed by atoms with Crippen LogP contribution >= 0.6 is 0 Å². The van der Waals surface area contributed by atoms with Crippen molar-refractivity contribution in [2.24, 2.45) is 0 Å². The molecule has 0 spiro atoms. The van der Waals surface area contributed by atoms with E-state index < -0.39 is 0 Å². The molecule has 7 rings (SSSR count). The average molecular weight is 636 g/mol. The summed E-state index contributed by atoms with van der Waals surface area (Å²) in [6.45, 7) is 0. The Hall–Kier alpha value is -4.15. The molecule has 3 aromatic carbocycles. The number of hydrogen-bond donors (Lipinski definition) is 1. The number of aromatic hydroxyl groups is 1. The van der Waals surface area contributed by atoms with E-state index in [1.54, 1.807) is 6.07 Å². The summed E-state index contributed by atoms with van der Waals surface area (Å²) in [6.07, 6.45) is 5.19. The summed E-state index contributed by atoms with van der Waals surface area (Å²) in [5, 5.41) is 12.7. The molecular formula is C28H18N5OPt+. The largest absolute Gasteiger partial charge is 2.00 e. The van der Waals surface area contributed by atoms with Gasteiger partial charge in [-0.25, -0.2) is 4.98 Å². The number of nitrogens with zero attached hydrogens (tertiary/aromatic N) is 5. The first kappa shape index (κ1) is 21.4. The number of benzene rings is 3. The Morgan fingerprint density at radius 1 is 0.771 bits per heavy atom. The van der Waals surface area contributed by atoms with Crippen LogP contribution in [0.2, 0.25) is 0 Å². The fraction of sp³-hybridized carbons (Fsp3) is 0. The number of hydrogen-bond acceptors (Lipinski definition) is 2. The van der Waals surface area contributed by atoms with Gasteiger partial charge in [0.25, 0.3) is 0 Å². The molecule has 0 amide bonds. The van der Waals surface area contributed by atoms with Crippen LogP contribution in [0, 0.1) is 6.33 Å². The first-order valence-electron chi connectivity index (χ1n) is 11.0. The first-order chi connectivity index (χ1) is 16.8. The molecule has 6 nitrogen and oxygen atoms in total. The van der Waals surface area contributed by atoms with Crippen molar-refractivity contribution in [1.29, 1.82) is 0 Å². The van der Waals surface area contributed by atoms with E-state index in [1.165, 1.54) is 0 Å². The zero-order chi connectivity index (χ0) is 22.6. The summed E-state index contributed by atoms with van der Waals surface area (Å²) in [7, 11) is 0. The summed E-state index contributed by atoms with van der Waals surface area (Å²) in [4.78, 5) is 9.64. The molecule has 0 aliphatic rings. The van der Waals surface area contributed by atoms with Crippen LogP contribution in [-0.4, -0.2) is 19.2 Å². The molecule has 35 heavy (non-hydrogen) atoms. The van der Waals surface area contributed by atoms with Gasteiger partial charge in [-0.2, -0.15) is 0 Å². The average Bonchev–Trinajstić information content (AvgIpc) is 3.58. The Labute approximate surface area is 215 Å². The minimum Gasteiger partial charge on any atom is -0.514 e. The van der Waals surface area contributed by atoms with Gasteiger partial charge in [-0.05, 0) is 47.4 Å². The van der Waals surface area contributed by atoms with Gasteiger partial charge in [0.2, 0.25) is 0 Å². The van der Waals surface area contributed by atoms with Gasteiger partial charge in [-0.1, -0.05) is 60.7 Å². The van der Waals surface area contributed by atoms with Gasteiger partial charge in [-0.3, -0.25) is 9.55 Å². The summed E-state index contributed by atoms with van der Waals surface area (Å²) >= 11 is 0. The van der Waals surface area contributed by atoms with Crippen molar-refractivity contribution < 1.29 is 30.7 Å². The Morgan fingerprint density at radius 2 is 1.51 bits per heavy atom. The molecule has 0 atom stereocenters. The van der Waals surface area contributed by atoms with E-state index in [-0.39, 0.29) is 26.8 Å². The second-order valence-corrected chi connectivity index (χ2v) is 8.14. The molecule has 0 aliphatic carbocycles. The van der Waals surface area contributed by atoms with Crippen LogP contribution in [-0.2, 0) is 21.1 Å². The van der Waals surface area contributed by atoms with Crippen LogP contribution in [0.25, 0.3) is 50.3 Å². The van der Waals surface area contributed by atoms with E-state index in [0.29, 0.717) is 5.69 Å². The van der Waals surface area contributed by atoms with Gasteiger partial charge in [0.05, 0.1) is 11.3 Å². The van der Waals surface area contributed by atoms with Crippen molar-refractivity contribution >= 4 is 33.0 Å². The SMILES string of the molecule is Oc1ccccc1-n1[c-][n+](-c2ccc(-n3c4ccccc4c4cccnc43)[n-]2)c2ccccc21.[Pt+2]. The van der Waals surface area contributed by atoms with Crippen molar-refractivity contribution in [1.82, 2.24) is 19.1 Å². The van der Waals surface area contributed by atoms with Crippen LogP contribution in [0.15, 0.2) is 103 Å². The Kier molecular flexibility index (Phi) is 5.05. The van der Waals surface area contributed by atoms with Gasteiger partial charge in [0.15, 0.2) is 0 Å². The number of rotatable bonds is 3. The molecule has 4 heterocycles. The minimum atomic E-state index is 0. The number of imidazole rings is 1. The predicted molar refractivity (Wildman–Crippen MR) is 131 cm³/mol. The molecule has 170 valence electrons. The van der Waals surface area contributed by atoms with Crippen molar-refractivity contribution in [3.63, 3.8) is 0 Å². The van der Waals surface area contributed by atoms with Crippen LogP contribution in [0.4, 0.5) is 0 Å². The smallest absolute Gasteiger partial charge is 0.514 e. The van der Waals surface area contributed by atoms with Crippen molar-refractivity contribution in [3.8, 4) is 23.1 Å². The van der Waals surface area contributed by atoms with Gasteiger partial charge in [0.1, 0.15) is 17.2 Å². The molecule has 0 unspecified atom stereocenters. The van der Waals surface area contributed by atoms with E-state index in [1.807, 2.05) is 88.1 Å². The monoisotopic (exact) mass is 635 g/mol. The van der Waals surface area contributed by atoms with Crippen LogP contribution in [0.3, 0.4) is 0 Å². The molecule has 0 aliphatic heterocycles. The van der Waals surface area contributed by atoms with Crippen molar-refractivity contribution in [2.45, 2.75) is 0 Å². The molecule has 1 N–H and O–H groups in total. The van der Waals surface area contributed by atoms with Gasteiger partial charge < -0.3 is 14.2 Å². The van der Waals surface area contributed by atoms with Crippen LogP contribution in [0.1, 0.15) is 0 Å². The van der Waals surface area contributed by atoms with E-state index in [9.17, 15) is 5.11 Å². The summed E-state index contributed by atoms with van der Waals surface area (Å²) in [5.74, 6) is 1.72. The second-order valence-electron chi connectivity index (χ2n) is 8.14. The fourth-order valence-corrected chi connectivity index (χ4v) is 4.68. The number of aromatic nitrogens is 5. The quantitative estimate of drug-likeness (QED) is 0.223. The molecular weight excluding hydrogens is 617 g/mol. The third kappa shape index (κ3) is 3.22. The Balaban J connectivity index is 0.00000229. The van der Waals surface area contributed by atoms with Gasteiger partial charge in [0, 0.05) is 29.0 Å². The maximum Gasteiger partial charge on any atom is 2.00 e. The Bertz CT molecular complexity index is 1790. The van der Waals surface area contributed by atoms with Gasteiger partial charge >= 0.3 is 21.1 Å². The zero-order valence-corrected chi connectivity index (χ0v) is 20.6. The molecule has 0 bridgehead atoms. The summed E-state index contributed by atoms with van der Waals surface area (Å²) in [5.41, 5.74) is 4.46. The standard InChI is InChI=1S/C28H18N5O.Pt/c34-25-14-6-5-13-24(25)31-18-32(23-12-4-3-11-22(23)31)26-15-16-27(30-26)33-21-10-2-1-8-19(21)20-9-7-17-29-28(20)33;/h1-17,34H;/q-1;+2. The van der Waals surface area contributed by atoms with Crippen molar-refractivity contribution in [2.75, 3.05) is 0 Å². The molecule has 7 aromatic rings. The fourth-order valence-electron chi connectivity index (χ4n) is 4.68. The topological polar surface area (TPSA) is 61.0 Å². The Morgan fingerprint density at radius 3 is 2.40 bits per heavy atom. The predicted octanol–water partition coefficient (Wildman–Crippen LogP) is 4.86. The van der Waals surface area contributed by atoms with Crippen molar-refractivity contribution in [3.05, 3.63) is 110 Å². The van der Waals surface area contributed by atoms with Crippen LogP contribution in [0.5, 0.6) is 5.75 Å². The molecule has 7 heteroatoms. The second kappa shape index (κ2) is 8.26. The number of phenols is 1. The molecule has 0 saturated heterocycles.